The molecule has 7 nitrogen and oxygen atoms in total. The molecule has 5 rings (SSSR count). The van der Waals surface area contributed by atoms with Crippen molar-refractivity contribution in [1.29, 1.82) is 0 Å². The first-order valence-corrected chi connectivity index (χ1v) is 11.6. The summed E-state index contributed by atoms with van der Waals surface area (Å²) in [5.74, 6) is 0.748. The van der Waals surface area contributed by atoms with Crippen LogP contribution in [0.2, 0.25) is 0 Å². The molecule has 4 aliphatic heterocycles. The average molecular weight is 420 g/mol. The van der Waals surface area contributed by atoms with Crippen molar-refractivity contribution >= 4 is 23.2 Å². The van der Waals surface area contributed by atoms with Gasteiger partial charge in [0.2, 0.25) is 11.8 Å². The Morgan fingerprint density at radius 2 is 2.07 bits per heavy atom. The number of fused-ring (bicyclic) bond motifs is 4. The van der Waals surface area contributed by atoms with Crippen molar-refractivity contribution in [1.82, 2.24) is 15.1 Å². The fourth-order valence-corrected chi connectivity index (χ4v) is 6.30. The summed E-state index contributed by atoms with van der Waals surface area (Å²) in [5, 5.41) is 5.13. The van der Waals surface area contributed by atoms with Crippen LogP contribution >= 0.6 is 11.3 Å². The molecule has 0 unspecified atom stereocenters. The van der Waals surface area contributed by atoms with E-state index in [4.69, 9.17) is 9.47 Å². The monoisotopic (exact) mass is 419 g/mol. The predicted octanol–water partition coefficient (Wildman–Crippen LogP) is 1.44. The zero-order valence-electron chi connectivity index (χ0n) is 16.6. The van der Waals surface area contributed by atoms with E-state index in [0.29, 0.717) is 32.1 Å². The molecule has 2 bridgehead atoms. The van der Waals surface area contributed by atoms with Gasteiger partial charge in [-0.15, -0.1) is 11.3 Å². The van der Waals surface area contributed by atoms with Crippen LogP contribution in [0.4, 0.5) is 0 Å². The van der Waals surface area contributed by atoms with Gasteiger partial charge in [-0.2, -0.15) is 0 Å². The molecule has 0 radical (unpaired) electrons. The van der Waals surface area contributed by atoms with E-state index in [1.807, 2.05) is 22.4 Å². The number of ether oxygens (including phenoxy) is 2. The van der Waals surface area contributed by atoms with E-state index in [-0.39, 0.29) is 36.1 Å². The lowest BCUT2D eigenvalue weighted by Gasteiger charge is -2.56. The largest absolute Gasteiger partial charge is 0.349 e. The summed E-state index contributed by atoms with van der Waals surface area (Å²) >= 11 is 1.64. The Balaban J connectivity index is 1.33. The molecule has 29 heavy (non-hydrogen) atoms. The lowest BCUT2D eigenvalue weighted by Crippen LogP contribution is -2.68. The van der Waals surface area contributed by atoms with Crippen LogP contribution in [0.1, 0.15) is 30.6 Å². The number of thiophene rings is 1. The number of nitrogens with zero attached hydrogens (tertiary/aromatic N) is 2. The Morgan fingerprint density at radius 1 is 1.24 bits per heavy atom. The number of carbonyl (C=O) groups excluding carboxylic acids is 2. The Morgan fingerprint density at radius 3 is 2.86 bits per heavy atom. The maximum atomic E-state index is 13.3. The van der Waals surface area contributed by atoms with Crippen molar-refractivity contribution in [2.45, 2.75) is 50.6 Å². The number of carbonyl (C=O) groups is 2. The van der Waals surface area contributed by atoms with Gasteiger partial charge in [0.1, 0.15) is 6.04 Å². The zero-order chi connectivity index (χ0) is 19.8. The summed E-state index contributed by atoms with van der Waals surface area (Å²) in [5.41, 5.74) is 0. The van der Waals surface area contributed by atoms with Crippen LogP contribution in [0, 0.1) is 11.8 Å². The zero-order valence-corrected chi connectivity index (χ0v) is 17.4. The standard InChI is InChI=1S/C21H29N3O4S/c25-18-5-1-4-17-14-9-15(12-23(11-14)13-19-27-6-7-28-19)20(24(17)18)21(26)22-10-16-3-2-8-29-16/h2-3,8,14-15,17,19-20H,1,4-7,9-13H2,(H,22,26)/t14-,15+,17+,20-/m1/s1. The van der Waals surface area contributed by atoms with Gasteiger partial charge in [0, 0.05) is 42.9 Å². The molecule has 0 aliphatic carbocycles. The summed E-state index contributed by atoms with van der Waals surface area (Å²) in [4.78, 5) is 31.6. The third-order valence-corrected chi connectivity index (χ3v) is 7.68. The minimum Gasteiger partial charge on any atom is -0.349 e. The van der Waals surface area contributed by atoms with Crippen LogP contribution in [0.25, 0.3) is 0 Å². The summed E-state index contributed by atoms with van der Waals surface area (Å²) in [6.07, 6.45) is 3.36. The van der Waals surface area contributed by atoms with Crippen molar-refractivity contribution in [2.75, 3.05) is 32.8 Å². The second kappa shape index (κ2) is 8.34. The first-order valence-electron chi connectivity index (χ1n) is 10.8. The van der Waals surface area contributed by atoms with Crippen LogP contribution in [-0.2, 0) is 25.6 Å². The van der Waals surface area contributed by atoms with Gasteiger partial charge in [0.05, 0.1) is 19.8 Å². The fourth-order valence-electron chi connectivity index (χ4n) is 5.66. The van der Waals surface area contributed by atoms with E-state index in [9.17, 15) is 9.59 Å². The molecule has 1 aromatic heterocycles. The van der Waals surface area contributed by atoms with Gasteiger partial charge >= 0.3 is 0 Å². The third-order valence-electron chi connectivity index (χ3n) is 6.80. The molecular formula is C21H29N3O4S. The highest BCUT2D eigenvalue weighted by Gasteiger charge is 2.52. The minimum atomic E-state index is -0.364. The van der Waals surface area contributed by atoms with E-state index in [2.05, 4.69) is 10.2 Å². The fraction of sp³-hybridized carbons (Fsp3) is 0.714. The first kappa shape index (κ1) is 19.5. The third kappa shape index (κ3) is 3.95. The molecule has 2 amide bonds. The summed E-state index contributed by atoms with van der Waals surface area (Å²) in [6.45, 7) is 4.36. The van der Waals surface area contributed by atoms with Gasteiger partial charge in [0.25, 0.3) is 0 Å². The maximum absolute atomic E-state index is 13.3. The molecule has 4 aliphatic rings. The summed E-state index contributed by atoms with van der Waals surface area (Å²) < 4.78 is 11.3. The van der Waals surface area contributed by atoms with Gasteiger partial charge in [-0.1, -0.05) is 6.07 Å². The molecule has 0 spiro atoms. The van der Waals surface area contributed by atoms with Crippen molar-refractivity contribution in [3.63, 3.8) is 0 Å². The highest BCUT2D eigenvalue weighted by molar-refractivity contribution is 7.09. The number of hydrogen-bond donors (Lipinski definition) is 1. The van der Waals surface area contributed by atoms with Gasteiger partial charge in [-0.05, 0) is 36.6 Å². The second-order valence-electron chi connectivity index (χ2n) is 8.65. The topological polar surface area (TPSA) is 71.1 Å². The van der Waals surface area contributed by atoms with Gasteiger partial charge in [0.15, 0.2) is 6.29 Å². The van der Waals surface area contributed by atoms with Crippen molar-refractivity contribution in [3.05, 3.63) is 22.4 Å². The number of piperidine rings is 3. The molecule has 1 N–H and O–H groups in total. The Kier molecular flexibility index (Phi) is 5.60. The Hall–Kier alpha value is -1.48. The van der Waals surface area contributed by atoms with Gasteiger partial charge in [-0.3, -0.25) is 14.5 Å². The van der Waals surface area contributed by atoms with E-state index in [1.165, 1.54) is 0 Å². The highest BCUT2D eigenvalue weighted by atomic mass is 32.1. The molecular weight excluding hydrogens is 390 g/mol. The lowest BCUT2D eigenvalue weighted by molar-refractivity contribution is -0.162. The van der Waals surface area contributed by atoms with Crippen molar-refractivity contribution < 1.29 is 19.1 Å². The lowest BCUT2D eigenvalue weighted by atomic mass is 9.71. The van der Waals surface area contributed by atoms with Crippen LogP contribution in [0.5, 0.6) is 0 Å². The van der Waals surface area contributed by atoms with E-state index in [1.54, 1.807) is 11.3 Å². The summed E-state index contributed by atoms with van der Waals surface area (Å²) in [7, 11) is 0. The molecule has 1 aromatic rings. The van der Waals surface area contributed by atoms with Crippen LogP contribution in [0.3, 0.4) is 0 Å². The highest BCUT2D eigenvalue weighted by Crippen LogP contribution is 2.41. The second-order valence-corrected chi connectivity index (χ2v) is 9.68. The molecule has 4 saturated heterocycles. The van der Waals surface area contributed by atoms with Gasteiger partial charge in [-0.25, -0.2) is 0 Å². The summed E-state index contributed by atoms with van der Waals surface area (Å²) in [6, 6.07) is 3.84. The number of likely N-dealkylation sites (tertiary alicyclic amines) is 1. The molecule has 0 saturated carbocycles. The molecule has 8 heteroatoms. The Labute approximate surface area is 175 Å². The molecule has 4 fully saturated rings. The minimum absolute atomic E-state index is 0.00248. The number of rotatable bonds is 5. The van der Waals surface area contributed by atoms with Crippen molar-refractivity contribution in [2.24, 2.45) is 11.8 Å². The number of amides is 2. The van der Waals surface area contributed by atoms with E-state index < -0.39 is 0 Å². The predicted molar refractivity (Wildman–Crippen MR) is 108 cm³/mol. The quantitative estimate of drug-likeness (QED) is 0.782. The molecule has 5 heterocycles. The molecule has 158 valence electrons. The van der Waals surface area contributed by atoms with Crippen LogP contribution in [-0.4, -0.2) is 72.8 Å². The normalized spacial score (nSPS) is 33.0. The SMILES string of the molecule is O=C(NCc1cccs1)[C@H]1[C@H]2C[C@H](CN(CC3OCCO3)C2)[C@@H]2CCCC(=O)N21. The maximum Gasteiger partial charge on any atom is 0.243 e. The molecule has 0 aromatic carbocycles. The van der Waals surface area contributed by atoms with E-state index in [0.717, 1.165) is 43.8 Å². The van der Waals surface area contributed by atoms with Crippen LogP contribution < -0.4 is 5.32 Å². The number of nitrogens with one attached hydrogen (secondary N) is 1. The van der Waals surface area contributed by atoms with Gasteiger partial charge < -0.3 is 19.7 Å². The average Bonchev–Trinajstić information content (AvgIpc) is 3.41. The number of hydrogen-bond acceptors (Lipinski definition) is 6. The first-order chi connectivity index (χ1) is 14.2. The Bertz CT molecular complexity index is 736. The smallest absolute Gasteiger partial charge is 0.243 e. The van der Waals surface area contributed by atoms with E-state index >= 15 is 0 Å². The molecule has 4 atom stereocenters. The van der Waals surface area contributed by atoms with Crippen LogP contribution in [0.15, 0.2) is 17.5 Å². The van der Waals surface area contributed by atoms with Crippen molar-refractivity contribution in [3.8, 4) is 0 Å².